The second-order valence-electron chi connectivity index (χ2n) is 5.55. The number of nitrogens with two attached hydrogens (primary N) is 1. The highest BCUT2D eigenvalue weighted by Gasteiger charge is 2.13. The van der Waals surface area contributed by atoms with Gasteiger partial charge in [-0.1, -0.05) is 45.4 Å². The molecular formula is C17H23N3. The fourth-order valence-electron chi connectivity index (χ4n) is 2.25. The number of anilines is 1. The molecule has 0 saturated heterocycles. The second kappa shape index (κ2) is 6.04. The van der Waals surface area contributed by atoms with Gasteiger partial charge in [0.1, 0.15) is 11.6 Å². The summed E-state index contributed by atoms with van der Waals surface area (Å²) >= 11 is 0. The molecule has 3 heteroatoms. The zero-order chi connectivity index (χ0) is 14.7. The largest absolute Gasteiger partial charge is 0.383 e. The van der Waals surface area contributed by atoms with Crippen LogP contribution in [0.15, 0.2) is 24.3 Å². The number of nitrogens with zero attached hydrogens (tertiary/aromatic N) is 2. The third-order valence-corrected chi connectivity index (χ3v) is 3.46. The van der Waals surface area contributed by atoms with E-state index < -0.39 is 0 Å². The van der Waals surface area contributed by atoms with Crippen molar-refractivity contribution in [2.24, 2.45) is 0 Å². The van der Waals surface area contributed by atoms with Gasteiger partial charge < -0.3 is 5.73 Å². The van der Waals surface area contributed by atoms with Gasteiger partial charge in [0.05, 0.1) is 5.69 Å². The molecule has 0 bridgehead atoms. The topological polar surface area (TPSA) is 51.8 Å². The van der Waals surface area contributed by atoms with E-state index in [1.165, 1.54) is 5.56 Å². The third-order valence-electron chi connectivity index (χ3n) is 3.46. The molecule has 1 heterocycles. The van der Waals surface area contributed by atoms with E-state index in [-0.39, 0.29) is 5.92 Å². The van der Waals surface area contributed by atoms with Gasteiger partial charge in [0.25, 0.3) is 0 Å². The number of rotatable bonds is 4. The average molecular weight is 269 g/mol. The molecule has 0 saturated carbocycles. The van der Waals surface area contributed by atoms with Crippen LogP contribution in [-0.2, 0) is 6.42 Å². The summed E-state index contributed by atoms with van der Waals surface area (Å²) in [5, 5.41) is 0. The van der Waals surface area contributed by atoms with Crippen LogP contribution in [0.1, 0.15) is 50.1 Å². The van der Waals surface area contributed by atoms with Crippen molar-refractivity contribution >= 4 is 5.82 Å². The molecule has 1 aromatic carbocycles. The Hall–Kier alpha value is -1.90. The molecule has 0 aliphatic carbocycles. The Morgan fingerprint density at radius 3 is 2.60 bits per heavy atom. The minimum atomic E-state index is 0.274. The van der Waals surface area contributed by atoms with E-state index in [4.69, 9.17) is 10.7 Å². The van der Waals surface area contributed by atoms with Crippen molar-refractivity contribution in [2.75, 3.05) is 5.73 Å². The molecule has 0 amide bonds. The highest BCUT2D eigenvalue weighted by Crippen LogP contribution is 2.27. The zero-order valence-electron chi connectivity index (χ0n) is 12.8. The van der Waals surface area contributed by atoms with E-state index in [0.29, 0.717) is 5.82 Å². The molecule has 0 aliphatic heterocycles. The Balaban J connectivity index is 2.53. The minimum Gasteiger partial charge on any atom is -0.383 e. The molecule has 1 aromatic heterocycles. The number of aromatic nitrogens is 2. The van der Waals surface area contributed by atoms with Crippen molar-refractivity contribution < 1.29 is 0 Å². The van der Waals surface area contributed by atoms with Crippen LogP contribution in [0.3, 0.4) is 0 Å². The summed E-state index contributed by atoms with van der Waals surface area (Å²) < 4.78 is 0. The third kappa shape index (κ3) is 2.98. The van der Waals surface area contributed by atoms with Crippen LogP contribution < -0.4 is 5.73 Å². The maximum atomic E-state index is 6.04. The molecule has 2 aromatic rings. The quantitative estimate of drug-likeness (QED) is 0.908. The SMILES string of the molecule is CCCc1cccc(-c2nc(C(C)C)nc(N)c2C)c1. The molecule has 0 radical (unpaired) electrons. The average Bonchev–Trinajstić information content (AvgIpc) is 2.42. The van der Waals surface area contributed by atoms with Crippen molar-refractivity contribution in [2.45, 2.75) is 46.5 Å². The predicted octanol–water partition coefficient (Wildman–Crippen LogP) is 4.11. The number of aryl methyl sites for hydroxylation is 1. The first-order valence-electron chi connectivity index (χ1n) is 7.26. The summed E-state index contributed by atoms with van der Waals surface area (Å²) in [5.41, 5.74) is 10.4. The van der Waals surface area contributed by atoms with Crippen molar-refractivity contribution in [3.63, 3.8) is 0 Å². The molecule has 20 heavy (non-hydrogen) atoms. The second-order valence-corrected chi connectivity index (χ2v) is 5.55. The summed E-state index contributed by atoms with van der Waals surface area (Å²) in [4.78, 5) is 9.10. The van der Waals surface area contributed by atoms with Crippen molar-refractivity contribution in [1.82, 2.24) is 9.97 Å². The van der Waals surface area contributed by atoms with Crippen LogP contribution in [-0.4, -0.2) is 9.97 Å². The van der Waals surface area contributed by atoms with Gasteiger partial charge >= 0.3 is 0 Å². The van der Waals surface area contributed by atoms with Gasteiger partial charge in [-0.05, 0) is 25.0 Å². The summed E-state index contributed by atoms with van der Waals surface area (Å²) in [6, 6.07) is 8.56. The summed E-state index contributed by atoms with van der Waals surface area (Å²) in [6.45, 7) is 8.35. The molecule has 2 rings (SSSR count). The van der Waals surface area contributed by atoms with Crippen LogP contribution in [0.5, 0.6) is 0 Å². The van der Waals surface area contributed by atoms with E-state index in [2.05, 4.69) is 50.0 Å². The molecular weight excluding hydrogens is 246 g/mol. The van der Waals surface area contributed by atoms with Gasteiger partial charge in [-0.15, -0.1) is 0 Å². The van der Waals surface area contributed by atoms with E-state index in [0.717, 1.165) is 35.5 Å². The maximum Gasteiger partial charge on any atom is 0.133 e. The lowest BCUT2D eigenvalue weighted by Crippen LogP contribution is -2.06. The van der Waals surface area contributed by atoms with E-state index in [9.17, 15) is 0 Å². The van der Waals surface area contributed by atoms with Gasteiger partial charge in [0, 0.05) is 17.0 Å². The fourth-order valence-corrected chi connectivity index (χ4v) is 2.25. The summed E-state index contributed by atoms with van der Waals surface area (Å²) in [5.74, 6) is 1.67. The standard InChI is InChI=1S/C17H23N3/c1-5-7-13-8-6-9-14(10-13)15-12(4)16(18)20-17(19-15)11(2)3/h6,8-11H,5,7H2,1-4H3,(H2,18,19,20). The molecule has 0 atom stereocenters. The van der Waals surface area contributed by atoms with Crippen molar-refractivity contribution in [1.29, 1.82) is 0 Å². The van der Waals surface area contributed by atoms with Crippen LogP contribution in [0.25, 0.3) is 11.3 Å². The monoisotopic (exact) mass is 269 g/mol. The molecule has 3 nitrogen and oxygen atoms in total. The predicted molar refractivity (Wildman–Crippen MR) is 84.7 cm³/mol. The molecule has 0 unspecified atom stereocenters. The summed E-state index contributed by atoms with van der Waals surface area (Å²) in [6.07, 6.45) is 2.23. The molecule has 0 spiro atoms. The van der Waals surface area contributed by atoms with Gasteiger partial charge in [-0.2, -0.15) is 0 Å². The highest BCUT2D eigenvalue weighted by atomic mass is 15.0. The molecule has 0 aliphatic rings. The normalized spacial score (nSPS) is 11.1. The smallest absolute Gasteiger partial charge is 0.133 e. The maximum absolute atomic E-state index is 6.04. The first-order chi connectivity index (χ1) is 9.52. The van der Waals surface area contributed by atoms with Crippen LogP contribution in [0.4, 0.5) is 5.82 Å². The number of hydrogen-bond donors (Lipinski definition) is 1. The number of benzene rings is 1. The van der Waals surface area contributed by atoms with Crippen molar-refractivity contribution in [3.8, 4) is 11.3 Å². The van der Waals surface area contributed by atoms with Crippen LogP contribution >= 0.6 is 0 Å². The van der Waals surface area contributed by atoms with E-state index in [1.807, 2.05) is 6.92 Å². The number of nitrogen functional groups attached to an aromatic ring is 1. The Kier molecular flexibility index (Phi) is 4.38. The van der Waals surface area contributed by atoms with Gasteiger partial charge in [-0.3, -0.25) is 0 Å². The first-order valence-corrected chi connectivity index (χ1v) is 7.26. The van der Waals surface area contributed by atoms with Gasteiger partial charge in [0.2, 0.25) is 0 Å². The van der Waals surface area contributed by atoms with E-state index in [1.54, 1.807) is 0 Å². The first kappa shape index (κ1) is 14.5. The number of hydrogen-bond acceptors (Lipinski definition) is 3. The Bertz CT molecular complexity index is 603. The summed E-state index contributed by atoms with van der Waals surface area (Å²) in [7, 11) is 0. The van der Waals surface area contributed by atoms with Crippen LogP contribution in [0, 0.1) is 6.92 Å². The fraction of sp³-hybridized carbons (Fsp3) is 0.412. The minimum absolute atomic E-state index is 0.274. The lowest BCUT2D eigenvalue weighted by atomic mass is 10.0. The van der Waals surface area contributed by atoms with Crippen LogP contribution in [0.2, 0.25) is 0 Å². The molecule has 106 valence electrons. The Morgan fingerprint density at radius 1 is 1.20 bits per heavy atom. The Labute approximate surface area is 121 Å². The lowest BCUT2D eigenvalue weighted by Gasteiger charge is -2.12. The van der Waals surface area contributed by atoms with Crippen molar-refractivity contribution in [3.05, 3.63) is 41.2 Å². The zero-order valence-corrected chi connectivity index (χ0v) is 12.8. The molecule has 0 fully saturated rings. The van der Waals surface area contributed by atoms with E-state index >= 15 is 0 Å². The van der Waals surface area contributed by atoms with Gasteiger partial charge in [-0.25, -0.2) is 9.97 Å². The van der Waals surface area contributed by atoms with Gasteiger partial charge in [0.15, 0.2) is 0 Å². The lowest BCUT2D eigenvalue weighted by molar-refractivity contribution is 0.776. The highest BCUT2D eigenvalue weighted by molar-refractivity contribution is 5.67. The molecule has 2 N–H and O–H groups in total. The Morgan fingerprint density at radius 2 is 1.95 bits per heavy atom.